The van der Waals surface area contributed by atoms with Crippen LogP contribution >= 0.6 is 11.3 Å². The molecule has 1 aromatic carbocycles. The summed E-state index contributed by atoms with van der Waals surface area (Å²) >= 11 is 1.42. The maximum absolute atomic E-state index is 13.6. The molecular formula is C21H25FN4O2S. The highest BCUT2D eigenvalue weighted by molar-refractivity contribution is 7.19. The summed E-state index contributed by atoms with van der Waals surface area (Å²) in [5, 5.41) is 0.748. The normalized spacial score (nSPS) is 22.9. The molecule has 2 N–H and O–H groups in total. The first-order valence-corrected chi connectivity index (χ1v) is 10.9. The quantitative estimate of drug-likeness (QED) is 0.784. The third-order valence-corrected chi connectivity index (χ3v) is 7.24. The van der Waals surface area contributed by atoms with Crippen LogP contribution in [0, 0.1) is 11.7 Å². The summed E-state index contributed by atoms with van der Waals surface area (Å²) < 4.78 is 13.4. The molecule has 1 aliphatic heterocycles. The van der Waals surface area contributed by atoms with Crippen molar-refractivity contribution >= 4 is 28.3 Å². The van der Waals surface area contributed by atoms with Crippen LogP contribution in [0.2, 0.25) is 0 Å². The van der Waals surface area contributed by atoms with Gasteiger partial charge in [-0.15, -0.1) is 0 Å². The van der Waals surface area contributed by atoms with Crippen molar-refractivity contribution in [1.29, 1.82) is 0 Å². The standard InChI is InChI=1S/C21H25FN4O2S/c1-3-25(4-2)21-24-16(18(29-21)12-5-8-14(22)9-6-12)20(28)26-15-10-7-13(11-15)17(26)19(23)27/h5-6,8-9,13,15,17H,3-4,7,10-11H2,1-2H3,(H2,23,27)/t13-,15+,17-/m1/s1. The number of nitrogens with zero attached hydrogens (tertiary/aromatic N) is 3. The fourth-order valence-electron chi connectivity index (χ4n) is 4.65. The Hall–Kier alpha value is -2.48. The van der Waals surface area contributed by atoms with Gasteiger partial charge in [0.15, 0.2) is 5.13 Å². The summed E-state index contributed by atoms with van der Waals surface area (Å²) in [6, 6.07) is 5.54. The van der Waals surface area contributed by atoms with E-state index in [1.54, 1.807) is 17.0 Å². The summed E-state index contributed by atoms with van der Waals surface area (Å²) in [5.74, 6) is -0.902. The monoisotopic (exact) mass is 416 g/mol. The Bertz CT molecular complexity index is 925. The molecule has 1 saturated carbocycles. The van der Waals surface area contributed by atoms with Crippen molar-refractivity contribution in [2.75, 3.05) is 18.0 Å². The van der Waals surface area contributed by atoms with E-state index in [0.29, 0.717) is 10.6 Å². The molecular weight excluding hydrogens is 391 g/mol. The summed E-state index contributed by atoms with van der Waals surface area (Å²) in [4.78, 5) is 34.8. The third-order valence-electron chi connectivity index (χ3n) is 6.07. The van der Waals surface area contributed by atoms with Gasteiger partial charge in [0.2, 0.25) is 5.91 Å². The molecule has 2 aromatic rings. The average Bonchev–Trinajstić information content (AvgIpc) is 3.43. The maximum atomic E-state index is 13.6. The van der Waals surface area contributed by atoms with E-state index in [2.05, 4.69) is 9.88 Å². The Morgan fingerprint density at radius 1 is 1.24 bits per heavy atom. The molecule has 1 aliphatic carbocycles. The smallest absolute Gasteiger partial charge is 0.275 e. The molecule has 0 radical (unpaired) electrons. The molecule has 2 amide bonds. The number of likely N-dealkylation sites (tertiary alicyclic amines) is 1. The van der Waals surface area contributed by atoms with Crippen molar-refractivity contribution in [3.05, 3.63) is 35.8 Å². The molecule has 2 heterocycles. The van der Waals surface area contributed by atoms with Crippen molar-refractivity contribution < 1.29 is 14.0 Å². The maximum Gasteiger partial charge on any atom is 0.275 e. The van der Waals surface area contributed by atoms with Gasteiger partial charge in [-0.1, -0.05) is 23.5 Å². The molecule has 154 valence electrons. The summed E-state index contributed by atoms with van der Waals surface area (Å²) in [6.45, 7) is 5.59. The van der Waals surface area contributed by atoms with Crippen LogP contribution in [0.5, 0.6) is 0 Å². The zero-order valence-corrected chi connectivity index (χ0v) is 17.4. The zero-order valence-electron chi connectivity index (χ0n) is 16.6. The lowest BCUT2D eigenvalue weighted by Gasteiger charge is -2.33. The van der Waals surface area contributed by atoms with Crippen molar-refractivity contribution in [2.24, 2.45) is 11.7 Å². The third kappa shape index (κ3) is 3.39. The number of anilines is 1. The molecule has 29 heavy (non-hydrogen) atoms. The van der Waals surface area contributed by atoms with Gasteiger partial charge < -0.3 is 15.5 Å². The number of carbonyl (C=O) groups is 2. The molecule has 2 aliphatic rings. The Morgan fingerprint density at radius 3 is 2.55 bits per heavy atom. The molecule has 8 heteroatoms. The lowest BCUT2D eigenvalue weighted by atomic mass is 9.97. The minimum Gasteiger partial charge on any atom is -0.368 e. The second-order valence-electron chi connectivity index (χ2n) is 7.64. The van der Waals surface area contributed by atoms with Gasteiger partial charge >= 0.3 is 0 Å². The van der Waals surface area contributed by atoms with Crippen molar-refractivity contribution in [3.8, 4) is 10.4 Å². The first-order chi connectivity index (χ1) is 13.9. The number of hydrogen-bond acceptors (Lipinski definition) is 5. The number of piperidine rings is 1. The molecule has 4 rings (SSSR count). The van der Waals surface area contributed by atoms with Crippen LogP contribution in [0.1, 0.15) is 43.6 Å². The molecule has 2 fully saturated rings. The number of fused-ring (bicyclic) bond motifs is 2. The van der Waals surface area contributed by atoms with E-state index < -0.39 is 11.9 Å². The van der Waals surface area contributed by atoms with Gasteiger partial charge in [-0.05, 0) is 56.7 Å². The SMILES string of the molecule is CCN(CC)c1nc(C(=O)N2[C@H]3CC[C@H](C3)[C@@H]2C(N)=O)c(-c2ccc(F)cc2)s1. The Morgan fingerprint density at radius 2 is 1.93 bits per heavy atom. The molecule has 2 bridgehead atoms. The number of primary amides is 1. The number of rotatable bonds is 6. The average molecular weight is 417 g/mol. The number of halogens is 1. The molecule has 0 unspecified atom stereocenters. The van der Waals surface area contributed by atoms with Gasteiger partial charge in [0, 0.05) is 19.1 Å². The Balaban J connectivity index is 1.78. The van der Waals surface area contributed by atoms with Crippen LogP contribution in [0.4, 0.5) is 9.52 Å². The summed E-state index contributed by atoms with van der Waals surface area (Å²) in [6.07, 6.45) is 2.63. The number of hydrogen-bond donors (Lipinski definition) is 1. The van der Waals surface area contributed by atoms with Crippen LogP contribution in [-0.4, -0.2) is 46.9 Å². The highest BCUT2D eigenvalue weighted by atomic mass is 32.1. The predicted molar refractivity (Wildman–Crippen MR) is 111 cm³/mol. The first kappa shape index (κ1) is 19.8. The second kappa shape index (κ2) is 7.74. The van der Waals surface area contributed by atoms with Gasteiger partial charge in [-0.25, -0.2) is 9.37 Å². The van der Waals surface area contributed by atoms with E-state index in [1.165, 1.54) is 23.5 Å². The zero-order chi connectivity index (χ0) is 20.7. The van der Waals surface area contributed by atoms with Gasteiger partial charge in [0.25, 0.3) is 5.91 Å². The van der Waals surface area contributed by atoms with Gasteiger partial charge in [-0.2, -0.15) is 0 Å². The number of benzene rings is 1. The van der Waals surface area contributed by atoms with Crippen molar-refractivity contribution in [3.63, 3.8) is 0 Å². The van der Waals surface area contributed by atoms with Crippen molar-refractivity contribution in [1.82, 2.24) is 9.88 Å². The lowest BCUT2D eigenvalue weighted by molar-refractivity contribution is -0.123. The number of nitrogens with two attached hydrogens (primary N) is 1. The van der Waals surface area contributed by atoms with E-state index in [9.17, 15) is 14.0 Å². The fraction of sp³-hybridized carbons (Fsp3) is 0.476. The molecule has 1 aromatic heterocycles. The topological polar surface area (TPSA) is 79.5 Å². The van der Waals surface area contributed by atoms with Crippen LogP contribution in [-0.2, 0) is 4.79 Å². The van der Waals surface area contributed by atoms with Crippen LogP contribution < -0.4 is 10.6 Å². The van der Waals surface area contributed by atoms with Gasteiger partial charge in [0.1, 0.15) is 17.6 Å². The van der Waals surface area contributed by atoms with Crippen molar-refractivity contribution in [2.45, 2.75) is 45.2 Å². The predicted octanol–water partition coefficient (Wildman–Crippen LogP) is 3.27. The number of carbonyl (C=O) groups excluding carboxylic acids is 2. The second-order valence-corrected chi connectivity index (χ2v) is 8.62. The van der Waals surface area contributed by atoms with E-state index in [1.807, 2.05) is 13.8 Å². The van der Waals surface area contributed by atoms with Gasteiger partial charge in [0.05, 0.1) is 4.88 Å². The van der Waals surface area contributed by atoms with Crippen LogP contribution in [0.3, 0.4) is 0 Å². The highest BCUT2D eigenvalue weighted by Gasteiger charge is 2.51. The largest absolute Gasteiger partial charge is 0.368 e. The minimum atomic E-state index is -0.569. The fourth-order valence-corrected chi connectivity index (χ4v) is 5.84. The van der Waals surface area contributed by atoms with Crippen LogP contribution in [0.15, 0.2) is 24.3 Å². The summed E-state index contributed by atoms with van der Waals surface area (Å²) in [5.41, 5.74) is 6.72. The van der Waals surface area contributed by atoms with E-state index in [4.69, 9.17) is 5.73 Å². The first-order valence-electron chi connectivity index (χ1n) is 10.1. The Labute approximate surface area is 173 Å². The molecule has 0 spiro atoms. The van der Waals surface area contributed by atoms with Crippen LogP contribution in [0.25, 0.3) is 10.4 Å². The van der Waals surface area contributed by atoms with E-state index in [0.717, 1.165) is 43.0 Å². The van der Waals surface area contributed by atoms with E-state index >= 15 is 0 Å². The molecule has 6 nitrogen and oxygen atoms in total. The Kier molecular flexibility index (Phi) is 5.29. The lowest BCUT2D eigenvalue weighted by Crippen LogP contribution is -2.51. The summed E-state index contributed by atoms with van der Waals surface area (Å²) in [7, 11) is 0. The molecule has 3 atom stereocenters. The van der Waals surface area contributed by atoms with Gasteiger partial charge in [-0.3, -0.25) is 9.59 Å². The highest BCUT2D eigenvalue weighted by Crippen LogP contribution is 2.44. The number of thiazole rings is 1. The number of amides is 2. The van der Waals surface area contributed by atoms with E-state index in [-0.39, 0.29) is 23.7 Å². The molecule has 1 saturated heterocycles. The number of aromatic nitrogens is 1. The minimum absolute atomic E-state index is 0.0321.